The predicted molar refractivity (Wildman–Crippen MR) is 112 cm³/mol. The van der Waals surface area contributed by atoms with Crippen LogP contribution in [0.2, 0.25) is 5.02 Å². The molecule has 1 heterocycles. The molecule has 0 unspecified atom stereocenters. The quantitative estimate of drug-likeness (QED) is 0.666. The summed E-state index contributed by atoms with van der Waals surface area (Å²) >= 11 is 6.03. The van der Waals surface area contributed by atoms with E-state index in [1.54, 1.807) is 18.2 Å². The number of sulfonamides is 1. The molecule has 1 saturated heterocycles. The minimum atomic E-state index is -4.10. The maximum Gasteiger partial charge on any atom is 0.243 e. The van der Waals surface area contributed by atoms with Crippen LogP contribution in [0.25, 0.3) is 0 Å². The van der Waals surface area contributed by atoms with Gasteiger partial charge in [0.25, 0.3) is 0 Å². The molecule has 168 valence electrons. The summed E-state index contributed by atoms with van der Waals surface area (Å²) < 4.78 is 60.0. The van der Waals surface area contributed by atoms with Gasteiger partial charge in [0.15, 0.2) is 11.6 Å². The van der Waals surface area contributed by atoms with Crippen molar-refractivity contribution in [3.05, 3.63) is 58.6 Å². The van der Waals surface area contributed by atoms with E-state index in [1.807, 2.05) is 6.92 Å². The number of nitrogens with two attached hydrogens (primary N) is 1. The summed E-state index contributed by atoms with van der Waals surface area (Å²) in [5.41, 5.74) is 5.41. The molecule has 1 amide bonds. The summed E-state index contributed by atoms with van der Waals surface area (Å²) in [7, 11) is -4.10. The van der Waals surface area contributed by atoms with Crippen LogP contribution in [0.5, 0.6) is 5.75 Å². The highest BCUT2D eigenvalue weighted by Gasteiger charge is 2.42. The molecule has 0 spiro atoms. The van der Waals surface area contributed by atoms with Gasteiger partial charge in [-0.25, -0.2) is 17.2 Å². The summed E-state index contributed by atoms with van der Waals surface area (Å²) in [5.74, 6) is -2.43. The van der Waals surface area contributed by atoms with Gasteiger partial charge in [0.05, 0.1) is 11.5 Å². The second-order valence-corrected chi connectivity index (χ2v) is 10.2. The van der Waals surface area contributed by atoms with Crippen molar-refractivity contribution in [2.45, 2.75) is 31.1 Å². The number of nitrogens with zero attached hydrogens (tertiary/aromatic N) is 1. The largest absolute Gasteiger partial charge is 0.493 e. The number of aryl methyl sites for hydroxylation is 1. The number of piperidine rings is 1. The summed E-state index contributed by atoms with van der Waals surface area (Å²) in [6, 6.07) is 7.57. The second kappa shape index (κ2) is 9.10. The summed E-state index contributed by atoms with van der Waals surface area (Å²) in [4.78, 5) is 11.4. The molecule has 3 rings (SSSR count). The molecule has 0 aliphatic carbocycles. The van der Waals surface area contributed by atoms with Crippen LogP contribution in [-0.2, 0) is 14.8 Å². The lowest BCUT2D eigenvalue weighted by Crippen LogP contribution is -2.50. The van der Waals surface area contributed by atoms with E-state index in [9.17, 15) is 22.0 Å². The standard InChI is InChI=1S/C21H23ClF2N2O4S/c1-14-9-15(3-5-17(14)22)30-13-21(11-20(25)27)7-2-8-26(12-21)31(28,29)16-4-6-18(23)19(24)10-16/h3-6,9-10H,2,7-8,11-13H2,1H3,(H2,25,27)/t21-/m0/s1. The van der Waals surface area contributed by atoms with Gasteiger partial charge in [-0.05, 0) is 61.7 Å². The molecule has 0 saturated carbocycles. The Bertz CT molecular complexity index is 1100. The molecule has 0 aromatic heterocycles. The number of hydrogen-bond acceptors (Lipinski definition) is 4. The third-order valence-corrected chi connectivity index (χ3v) is 7.64. The van der Waals surface area contributed by atoms with E-state index in [4.69, 9.17) is 22.1 Å². The van der Waals surface area contributed by atoms with Crippen LogP contribution in [-0.4, -0.2) is 38.3 Å². The van der Waals surface area contributed by atoms with Crippen molar-refractivity contribution in [2.24, 2.45) is 11.1 Å². The first-order valence-electron chi connectivity index (χ1n) is 9.65. The number of amides is 1. The first kappa shape index (κ1) is 23.4. The smallest absolute Gasteiger partial charge is 0.243 e. The highest BCUT2D eigenvalue weighted by Crippen LogP contribution is 2.37. The van der Waals surface area contributed by atoms with E-state index >= 15 is 0 Å². The van der Waals surface area contributed by atoms with Crippen LogP contribution in [0.15, 0.2) is 41.3 Å². The average Bonchev–Trinajstić information content (AvgIpc) is 2.70. The van der Waals surface area contributed by atoms with Gasteiger partial charge < -0.3 is 10.5 Å². The summed E-state index contributed by atoms with van der Waals surface area (Å²) in [6.07, 6.45) is 0.898. The van der Waals surface area contributed by atoms with Crippen molar-refractivity contribution < 1.29 is 26.7 Å². The van der Waals surface area contributed by atoms with Gasteiger partial charge >= 0.3 is 0 Å². The van der Waals surface area contributed by atoms with Gasteiger partial charge in [0.1, 0.15) is 5.75 Å². The maximum absolute atomic E-state index is 13.6. The number of halogens is 3. The third-order valence-electron chi connectivity index (χ3n) is 5.38. The Kier molecular flexibility index (Phi) is 6.88. The molecule has 10 heteroatoms. The molecule has 0 radical (unpaired) electrons. The zero-order valence-electron chi connectivity index (χ0n) is 16.9. The molecule has 1 fully saturated rings. The van der Waals surface area contributed by atoms with Crippen molar-refractivity contribution in [3.63, 3.8) is 0 Å². The zero-order valence-corrected chi connectivity index (χ0v) is 18.5. The van der Waals surface area contributed by atoms with Gasteiger partial charge in [0.2, 0.25) is 15.9 Å². The van der Waals surface area contributed by atoms with Crippen LogP contribution in [0, 0.1) is 24.0 Å². The first-order chi connectivity index (χ1) is 14.5. The fraction of sp³-hybridized carbons (Fsp3) is 0.381. The number of benzene rings is 2. The van der Waals surface area contributed by atoms with Crippen LogP contribution < -0.4 is 10.5 Å². The van der Waals surface area contributed by atoms with E-state index < -0.39 is 33.0 Å². The molecule has 2 aromatic carbocycles. The average molecular weight is 473 g/mol. The number of carbonyl (C=O) groups excluding carboxylic acids is 1. The van der Waals surface area contributed by atoms with Crippen molar-refractivity contribution in [2.75, 3.05) is 19.7 Å². The van der Waals surface area contributed by atoms with Crippen molar-refractivity contribution >= 4 is 27.5 Å². The van der Waals surface area contributed by atoms with E-state index in [-0.39, 0.29) is 31.0 Å². The number of ether oxygens (including phenoxy) is 1. The number of primary amides is 1. The van der Waals surface area contributed by atoms with Crippen molar-refractivity contribution in [1.29, 1.82) is 0 Å². The second-order valence-electron chi connectivity index (χ2n) is 7.86. The number of carbonyl (C=O) groups is 1. The Morgan fingerprint density at radius 2 is 1.97 bits per heavy atom. The lowest BCUT2D eigenvalue weighted by Gasteiger charge is -2.41. The molecule has 6 nitrogen and oxygen atoms in total. The topological polar surface area (TPSA) is 89.7 Å². The lowest BCUT2D eigenvalue weighted by molar-refractivity contribution is -0.121. The molecule has 1 aliphatic heterocycles. The van der Waals surface area contributed by atoms with Gasteiger partial charge in [-0.1, -0.05) is 11.6 Å². The molecular formula is C21H23ClF2N2O4S. The summed E-state index contributed by atoms with van der Waals surface area (Å²) in [5, 5.41) is 0.584. The number of hydrogen-bond donors (Lipinski definition) is 1. The minimum Gasteiger partial charge on any atom is -0.493 e. The van der Waals surface area contributed by atoms with Gasteiger partial charge in [-0.2, -0.15) is 4.31 Å². The third kappa shape index (κ3) is 5.34. The van der Waals surface area contributed by atoms with Gasteiger partial charge in [-0.15, -0.1) is 0 Å². The Hall–Kier alpha value is -2.23. The van der Waals surface area contributed by atoms with Gasteiger partial charge in [-0.3, -0.25) is 4.79 Å². The van der Waals surface area contributed by atoms with E-state index in [0.29, 0.717) is 29.7 Å². The Balaban J connectivity index is 1.85. The van der Waals surface area contributed by atoms with Crippen LogP contribution in [0.4, 0.5) is 8.78 Å². The fourth-order valence-electron chi connectivity index (χ4n) is 3.78. The molecule has 2 aromatic rings. The Labute approximate surface area is 185 Å². The van der Waals surface area contributed by atoms with Crippen molar-refractivity contribution in [1.82, 2.24) is 4.31 Å². The Morgan fingerprint density at radius 3 is 2.61 bits per heavy atom. The predicted octanol–water partition coefficient (Wildman–Crippen LogP) is 3.65. The molecule has 0 bridgehead atoms. The molecule has 1 aliphatic rings. The van der Waals surface area contributed by atoms with E-state index in [1.165, 1.54) is 4.31 Å². The molecule has 1 atom stereocenters. The number of rotatable bonds is 7. The summed E-state index contributed by atoms with van der Waals surface area (Å²) in [6.45, 7) is 2.03. The normalized spacial score (nSPS) is 19.9. The van der Waals surface area contributed by atoms with Crippen LogP contribution >= 0.6 is 11.6 Å². The van der Waals surface area contributed by atoms with Gasteiger partial charge in [0, 0.05) is 29.9 Å². The highest BCUT2D eigenvalue weighted by atomic mass is 35.5. The van der Waals surface area contributed by atoms with Crippen LogP contribution in [0.3, 0.4) is 0 Å². The van der Waals surface area contributed by atoms with Crippen molar-refractivity contribution in [3.8, 4) is 5.75 Å². The Morgan fingerprint density at radius 1 is 1.23 bits per heavy atom. The minimum absolute atomic E-state index is 0.0379. The zero-order chi connectivity index (χ0) is 22.8. The maximum atomic E-state index is 13.6. The fourth-order valence-corrected chi connectivity index (χ4v) is 5.50. The molecular weight excluding hydrogens is 450 g/mol. The van der Waals surface area contributed by atoms with E-state index in [2.05, 4.69) is 0 Å². The van der Waals surface area contributed by atoms with Crippen LogP contribution in [0.1, 0.15) is 24.8 Å². The molecule has 31 heavy (non-hydrogen) atoms. The lowest BCUT2D eigenvalue weighted by atomic mass is 9.78. The first-order valence-corrected chi connectivity index (χ1v) is 11.5. The monoisotopic (exact) mass is 472 g/mol. The highest BCUT2D eigenvalue weighted by molar-refractivity contribution is 7.89. The van der Waals surface area contributed by atoms with E-state index in [0.717, 1.165) is 17.7 Å². The SMILES string of the molecule is Cc1cc(OC[C@]2(CC(N)=O)CCCN(S(=O)(=O)c3ccc(F)c(F)c3)C2)ccc1Cl. The molecule has 2 N–H and O–H groups in total.